The first-order valence-corrected chi connectivity index (χ1v) is 10.8. The van der Waals surface area contributed by atoms with E-state index in [0.29, 0.717) is 5.69 Å². The Kier molecular flexibility index (Phi) is 5.75. The smallest absolute Gasteiger partial charge is 0.411 e. The number of aromatic nitrogens is 1. The van der Waals surface area contributed by atoms with Crippen LogP contribution in [-0.2, 0) is 4.74 Å². The Morgan fingerprint density at radius 1 is 1.23 bits per heavy atom. The van der Waals surface area contributed by atoms with Crippen molar-refractivity contribution in [3.63, 3.8) is 0 Å². The van der Waals surface area contributed by atoms with E-state index in [1.807, 2.05) is 49.1 Å². The number of cyclic esters (lactones) is 1. The molecule has 0 radical (unpaired) electrons. The Hall–Kier alpha value is -2.87. The van der Waals surface area contributed by atoms with Crippen molar-refractivity contribution in [1.82, 2.24) is 9.88 Å². The third kappa shape index (κ3) is 4.30. The lowest BCUT2D eigenvalue weighted by atomic mass is 9.86. The molecular formula is C22H25ClN4O4. The van der Waals surface area contributed by atoms with Crippen LogP contribution in [0.25, 0.3) is 0 Å². The van der Waals surface area contributed by atoms with Gasteiger partial charge in [0.25, 0.3) is 0 Å². The summed E-state index contributed by atoms with van der Waals surface area (Å²) < 4.78 is 5.73. The quantitative estimate of drug-likeness (QED) is 0.380. The summed E-state index contributed by atoms with van der Waals surface area (Å²) in [6.45, 7) is 3.89. The minimum absolute atomic E-state index is 0.0496. The van der Waals surface area contributed by atoms with Gasteiger partial charge in [-0.1, -0.05) is 41.9 Å². The van der Waals surface area contributed by atoms with E-state index in [4.69, 9.17) is 16.3 Å². The molecule has 1 aromatic heterocycles. The predicted molar refractivity (Wildman–Crippen MR) is 117 cm³/mol. The summed E-state index contributed by atoms with van der Waals surface area (Å²) in [5.41, 5.74) is 0.709. The number of carbonyl (C=O) groups excluding carboxylic acids is 1. The number of halogens is 1. The molecule has 1 aromatic carbocycles. The zero-order valence-electron chi connectivity index (χ0n) is 17.5. The van der Waals surface area contributed by atoms with Gasteiger partial charge in [-0.3, -0.25) is 15.0 Å². The lowest BCUT2D eigenvalue weighted by molar-refractivity contribution is -0.384. The molecule has 1 saturated carbocycles. The first-order valence-electron chi connectivity index (χ1n) is 10.4. The average Bonchev–Trinajstić information content (AvgIpc) is 2.97. The van der Waals surface area contributed by atoms with E-state index in [9.17, 15) is 14.9 Å². The molecule has 0 spiro atoms. The highest BCUT2D eigenvalue weighted by Gasteiger charge is 2.51. The van der Waals surface area contributed by atoms with Crippen molar-refractivity contribution in [3.8, 4) is 0 Å². The SMILES string of the molecule is CC1(C)OC(=O)N([C@H]2CC[C@H](Nc3cc(Cl)ncc3[N+](=O)[O-])CC2)[C@H]1c1ccccc1. The molecule has 1 N–H and O–H groups in total. The summed E-state index contributed by atoms with van der Waals surface area (Å²) in [7, 11) is 0. The maximum atomic E-state index is 12.8. The third-order valence-electron chi connectivity index (χ3n) is 6.11. The molecule has 31 heavy (non-hydrogen) atoms. The molecule has 0 bridgehead atoms. The number of hydrogen-bond acceptors (Lipinski definition) is 6. The molecular weight excluding hydrogens is 420 g/mol. The van der Waals surface area contributed by atoms with Gasteiger partial charge in [0.15, 0.2) is 0 Å². The highest BCUT2D eigenvalue weighted by Crippen LogP contribution is 2.44. The predicted octanol–water partition coefficient (Wildman–Crippen LogP) is 5.34. The standard InChI is InChI=1S/C22H25ClN4O4/c1-22(2)20(14-6-4-3-5-7-14)26(21(28)31-22)16-10-8-15(9-11-16)25-17-12-19(23)24-13-18(17)27(29)30/h3-7,12-13,15-16,20H,8-11H2,1-2H3,(H,24,25)/t15-,16-,20-/m0/s1. The number of carbonyl (C=O) groups is 1. The number of pyridine rings is 1. The van der Waals surface area contributed by atoms with Gasteiger partial charge in [-0.25, -0.2) is 9.78 Å². The highest BCUT2D eigenvalue weighted by molar-refractivity contribution is 6.29. The lowest BCUT2D eigenvalue weighted by Crippen LogP contribution is -2.44. The number of nitro groups is 1. The van der Waals surface area contributed by atoms with Gasteiger partial charge in [0.2, 0.25) is 0 Å². The van der Waals surface area contributed by atoms with Gasteiger partial charge in [0.05, 0.1) is 11.0 Å². The molecule has 1 saturated heterocycles. The van der Waals surface area contributed by atoms with E-state index in [-0.39, 0.29) is 35.1 Å². The van der Waals surface area contributed by atoms with Crippen molar-refractivity contribution >= 4 is 29.1 Å². The number of rotatable bonds is 5. The maximum Gasteiger partial charge on any atom is 0.411 e. The lowest BCUT2D eigenvalue weighted by Gasteiger charge is -2.38. The van der Waals surface area contributed by atoms with Crippen molar-refractivity contribution in [3.05, 3.63) is 63.4 Å². The fourth-order valence-electron chi connectivity index (χ4n) is 4.73. The number of hydrogen-bond donors (Lipinski definition) is 1. The van der Waals surface area contributed by atoms with Gasteiger partial charge in [-0.2, -0.15) is 0 Å². The van der Waals surface area contributed by atoms with Crippen LogP contribution in [0.3, 0.4) is 0 Å². The van der Waals surface area contributed by atoms with Gasteiger partial charge in [-0.05, 0) is 45.1 Å². The van der Waals surface area contributed by atoms with Gasteiger partial charge >= 0.3 is 11.8 Å². The van der Waals surface area contributed by atoms with E-state index in [1.165, 1.54) is 12.3 Å². The molecule has 8 nitrogen and oxygen atoms in total. The van der Waals surface area contributed by atoms with Crippen LogP contribution in [0, 0.1) is 10.1 Å². The third-order valence-corrected chi connectivity index (χ3v) is 6.32. The van der Waals surface area contributed by atoms with Crippen LogP contribution < -0.4 is 5.32 Å². The molecule has 1 amide bonds. The van der Waals surface area contributed by atoms with Gasteiger partial charge in [-0.15, -0.1) is 0 Å². The molecule has 2 aliphatic rings. The van der Waals surface area contributed by atoms with Gasteiger partial charge in [0, 0.05) is 18.2 Å². The first-order chi connectivity index (χ1) is 14.8. The van der Waals surface area contributed by atoms with E-state index in [0.717, 1.165) is 31.2 Å². The monoisotopic (exact) mass is 444 g/mol. The summed E-state index contributed by atoms with van der Waals surface area (Å²) in [6.07, 6.45) is 3.98. The molecule has 2 aromatic rings. The topological polar surface area (TPSA) is 97.6 Å². The van der Waals surface area contributed by atoms with E-state index >= 15 is 0 Å². The largest absolute Gasteiger partial charge is 0.441 e. The highest BCUT2D eigenvalue weighted by atomic mass is 35.5. The molecule has 1 aliphatic carbocycles. The van der Waals surface area contributed by atoms with Gasteiger partial charge < -0.3 is 10.1 Å². The number of nitrogens with zero attached hydrogens (tertiary/aromatic N) is 3. The summed E-state index contributed by atoms with van der Waals surface area (Å²) >= 11 is 5.93. The summed E-state index contributed by atoms with van der Waals surface area (Å²) in [4.78, 5) is 29.3. The van der Waals surface area contributed by atoms with E-state index in [1.54, 1.807) is 0 Å². The Bertz CT molecular complexity index is 977. The molecule has 4 rings (SSSR count). The van der Waals surface area contributed by atoms with Crippen molar-refractivity contribution in [1.29, 1.82) is 0 Å². The van der Waals surface area contributed by atoms with Crippen molar-refractivity contribution in [2.75, 3.05) is 5.32 Å². The molecule has 2 heterocycles. The molecule has 164 valence electrons. The van der Waals surface area contributed by atoms with Crippen molar-refractivity contribution < 1.29 is 14.5 Å². The molecule has 1 aliphatic heterocycles. The average molecular weight is 445 g/mol. The number of nitrogens with one attached hydrogen (secondary N) is 1. The first kappa shape index (κ1) is 21.4. The van der Waals surface area contributed by atoms with Gasteiger partial charge in [0.1, 0.15) is 22.6 Å². The van der Waals surface area contributed by atoms with Crippen LogP contribution in [0.1, 0.15) is 51.1 Å². The Morgan fingerprint density at radius 3 is 2.55 bits per heavy atom. The van der Waals surface area contributed by atoms with Crippen LogP contribution in [-0.4, -0.2) is 38.6 Å². The maximum absolute atomic E-state index is 12.8. The Balaban J connectivity index is 1.48. The number of benzene rings is 1. The molecule has 0 unspecified atom stereocenters. The Labute approximate surface area is 185 Å². The van der Waals surface area contributed by atoms with Crippen LogP contribution in [0.2, 0.25) is 5.15 Å². The molecule has 2 fully saturated rings. The van der Waals surface area contributed by atoms with Crippen LogP contribution in [0.4, 0.5) is 16.2 Å². The van der Waals surface area contributed by atoms with Crippen LogP contribution in [0.15, 0.2) is 42.6 Å². The molecule has 1 atom stereocenters. The minimum Gasteiger partial charge on any atom is -0.441 e. The summed E-state index contributed by atoms with van der Waals surface area (Å²) in [6, 6.07) is 11.4. The number of amides is 1. The van der Waals surface area contributed by atoms with Crippen LogP contribution >= 0.6 is 11.6 Å². The second-order valence-electron chi connectivity index (χ2n) is 8.62. The van der Waals surface area contributed by atoms with Crippen molar-refractivity contribution in [2.24, 2.45) is 0 Å². The van der Waals surface area contributed by atoms with Crippen molar-refractivity contribution in [2.45, 2.75) is 63.3 Å². The normalized spacial score (nSPS) is 25.2. The fraction of sp³-hybridized carbons (Fsp3) is 0.455. The number of anilines is 1. The zero-order valence-corrected chi connectivity index (χ0v) is 18.2. The minimum atomic E-state index is -0.623. The second-order valence-corrected chi connectivity index (χ2v) is 9.01. The van der Waals surface area contributed by atoms with E-state index in [2.05, 4.69) is 10.3 Å². The Morgan fingerprint density at radius 2 is 1.90 bits per heavy atom. The fourth-order valence-corrected chi connectivity index (χ4v) is 4.89. The number of ether oxygens (including phenoxy) is 1. The molecule has 9 heteroatoms. The summed E-state index contributed by atoms with van der Waals surface area (Å²) in [5, 5.41) is 14.7. The summed E-state index contributed by atoms with van der Waals surface area (Å²) in [5.74, 6) is 0. The zero-order chi connectivity index (χ0) is 22.2. The second kappa shape index (κ2) is 8.34. The van der Waals surface area contributed by atoms with E-state index < -0.39 is 10.5 Å². The van der Waals surface area contributed by atoms with Crippen LogP contribution in [0.5, 0.6) is 0 Å².